The van der Waals surface area contributed by atoms with E-state index in [2.05, 4.69) is 0 Å². The highest BCUT2D eigenvalue weighted by atomic mass is 16.5. The highest BCUT2D eigenvalue weighted by molar-refractivity contribution is 6.46. The van der Waals surface area contributed by atoms with E-state index >= 15 is 0 Å². The van der Waals surface area contributed by atoms with Gasteiger partial charge in [0.15, 0.2) is 11.5 Å². The van der Waals surface area contributed by atoms with E-state index in [-0.39, 0.29) is 35.5 Å². The predicted octanol–water partition coefficient (Wildman–Crippen LogP) is 4.74. The van der Waals surface area contributed by atoms with Crippen molar-refractivity contribution >= 4 is 17.4 Å². The zero-order valence-electron chi connectivity index (χ0n) is 20.1. The van der Waals surface area contributed by atoms with Gasteiger partial charge in [-0.05, 0) is 60.9 Å². The second-order valence-electron chi connectivity index (χ2n) is 9.03. The maximum atomic E-state index is 13.4. The Morgan fingerprint density at radius 3 is 2.61 bits per heavy atom. The molecule has 7 nitrogen and oxygen atoms in total. The molecule has 7 heteroatoms. The smallest absolute Gasteiger partial charge is 0.295 e. The molecule has 0 spiro atoms. The van der Waals surface area contributed by atoms with E-state index in [0.29, 0.717) is 24.2 Å². The van der Waals surface area contributed by atoms with Gasteiger partial charge in [0.05, 0.1) is 18.2 Å². The molecule has 0 unspecified atom stereocenters. The van der Waals surface area contributed by atoms with Crippen LogP contribution in [0.1, 0.15) is 42.1 Å². The number of benzene rings is 3. The summed E-state index contributed by atoms with van der Waals surface area (Å²) in [5, 5.41) is 21.6. The second-order valence-corrected chi connectivity index (χ2v) is 9.03. The van der Waals surface area contributed by atoms with Crippen molar-refractivity contribution < 1.29 is 29.3 Å². The first kappa shape index (κ1) is 23.5. The molecular formula is C29H27NO6. The van der Waals surface area contributed by atoms with Crippen LogP contribution in [0.2, 0.25) is 0 Å². The molecule has 5 rings (SSSR count). The number of hydrogen-bond acceptors (Lipinski definition) is 6. The average molecular weight is 486 g/mol. The number of aromatic hydroxyl groups is 1. The SMILES string of the molecule is CCOc1cc([C@@H]2C(=C(O)c3ccc4c(c3)C[C@H](C)O4)C(=O)C(=O)N2Cc2ccccc2)ccc1O. The van der Waals surface area contributed by atoms with Gasteiger partial charge in [-0.2, -0.15) is 0 Å². The van der Waals surface area contributed by atoms with Crippen LogP contribution in [0.25, 0.3) is 5.76 Å². The van der Waals surface area contributed by atoms with E-state index in [1.807, 2.05) is 37.3 Å². The van der Waals surface area contributed by atoms with Gasteiger partial charge in [0.2, 0.25) is 0 Å². The van der Waals surface area contributed by atoms with Gasteiger partial charge in [-0.1, -0.05) is 36.4 Å². The Balaban J connectivity index is 1.65. The number of phenolic OH excluding ortho intramolecular Hbond substituents is 1. The lowest BCUT2D eigenvalue weighted by molar-refractivity contribution is -0.140. The lowest BCUT2D eigenvalue weighted by atomic mass is 9.94. The number of carbonyl (C=O) groups is 2. The topological polar surface area (TPSA) is 96.3 Å². The molecule has 2 aliphatic rings. The number of hydrogen-bond donors (Lipinski definition) is 2. The molecule has 2 atom stereocenters. The van der Waals surface area contributed by atoms with Crippen LogP contribution in [0.3, 0.4) is 0 Å². The van der Waals surface area contributed by atoms with Crippen LogP contribution < -0.4 is 9.47 Å². The maximum absolute atomic E-state index is 13.4. The van der Waals surface area contributed by atoms with Crippen LogP contribution in [-0.4, -0.2) is 39.5 Å². The number of rotatable bonds is 6. The Hall–Kier alpha value is -4.26. The van der Waals surface area contributed by atoms with Crippen LogP contribution in [0.4, 0.5) is 0 Å². The number of phenols is 1. The maximum Gasteiger partial charge on any atom is 0.295 e. The molecule has 1 saturated heterocycles. The molecule has 2 N–H and O–H groups in total. The first-order valence-corrected chi connectivity index (χ1v) is 12.0. The summed E-state index contributed by atoms with van der Waals surface area (Å²) in [4.78, 5) is 28.1. The van der Waals surface area contributed by atoms with Crippen molar-refractivity contribution in [1.29, 1.82) is 0 Å². The van der Waals surface area contributed by atoms with Crippen molar-refractivity contribution in [3.8, 4) is 17.2 Å². The molecule has 36 heavy (non-hydrogen) atoms. The van der Waals surface area contributed by atoms with Crippen LogP contribution in [0, 0.1) is 0 Å². The Kier molecular flexibility index (Phi) is 6.14. The van der Waals surface area contributed by atoms with Crippen molar-refractivity contribution in [2.24, 2.45) is 0 Å². The van der Waals surface area contributed by atoms with Crippen molar-refractivity contribution in [2.45, 2.75) is 39.0 Å². The van der Waals surface area contributed by atoms with Gasteiger partial charge in [0, 0.05) is 18.5 Å². The van der Waals surface area contributed by atoms with Crippen LogP contribution in [0.5, 0.6) is 17.2 Å². The third-order valence-corrected chi connectivity index (χ3v) is 6.50. The zero-order chi connectivity index (χ0) is 25.4. The van der Waals surface area contributed by atoms with Crippen LogP contribution >= 0.6 is 0 Å². The fraction of sp³-hybridized carbons (Fsp3) is 0.241. The van der Waals surface area contributed by atoms with Crippen molar-refractivity contribution in [3.63, 3.8) is 0 Å². The summed E-state index contributed by atoms with van der Waals surface area (Å²) in [5.41, 5.74) is 2.77. The predicted molar refractivity (Wildman–Crippen MR) is 134 cm³/mol. The van der Waals surface area contributed by atoms with Gasteiger partial charge in [0.25, 0.3) is 11.7 Å². The van der Waals surface area contributed by atoms with E-state index in [1.165, 1.54) is 11.0 Å². The Labute approximate surface area is 209 Å². The van der Waals surface area contributed by atoms with Crippen molar-refractivity contribution in [2.75, 3.05) is 6.61 Å². The van der Waals surface area contributed by atoms with E-state index in [1.54, 1.807) is 37.3 Å². The molecule has 2 heterocycles. The fourth-order valence-electron chi connectivity index (χ4n) is 4.87. The fourth-order valence-corrected chi connectivity index (χ4v) is 4.87. The average Bonchev–Trinajstić information content (AvgIpc) is 3.37. The van der Waals surface area contributed by atoms with E-state index < -0.39 is 17.7 Å². The minimum absolute atomic E-state index is 0.00372. The van der Waals surface area contributed by atoms with Crippen LogP contribution in [0.15, 0.2) is 72.3 Å². The molecule has 0 radical (unpaired) electrons. The molecule has 1 amide bonds. The number of carbonyl (C=O) groups excluding carboxylic acids is 2. The Morgan fingerprint density at radius 2 is 1.86 bits per heavy atom. The summed E-state index contributed by atoms with van der Waals surface area (Å²) in [7, 11) is 0. The first-order chi connectivity index (χ1) is 17.4. The van der Waals surface area contributed by atoms with Gasteiger partial charge >= 0.3 is 0 Å². The number of amides is 1. The number of Topliss-reactive ketones (excluding diaryl/α,β-unsaturated/α-hetero) is 1. The van der Waals surface area contributed by atoms with Crippen LogP contribution in [-0.2, 0) is 22.6 Å². The molecule has 3 aromatic rings. The van der Waals surface area contributed by atoms with Gasteiger partial charge in [-0.25, -0.2) is 0 Å². The van der Waals surface area contributed by atoms with Gasteiger partial charge in [-0.3, -0.25) is 9.59 Å². The molecule has 0 saturated carbocycles. The summed E-state index contributed by atoms with van der Waals surface area (Å²) in [6.07, 6.45) is 0.723. The van der Waals surface area contributed by atoms with Gasteiger partial charge < -0.3 is 24.6 Å². The highest BCUT2D eigenvalue weighted by Gasteiger charge is 2.46. The summed E-state index contributed by atoms with van der Waals surface area (Å²) in [6, 6.07) is 18.5. The molecule has 184 valence electrons. The number of ketones is 1. The van der Waals surface area contributed by atoms with Gasteiger partial charge in [0.1, 0.15) is 17.6 Å². The third kappa shape index (κ3) is 4.17. The number of nitrogens with zero attached hydrogens (tertiary/aromatic N) is 1. The molecule has 3 aromatic carbocycles. The number of fused-ring (bicyclic) bond motifs is 1. The summed E-state index contributed by atoms with van der Waals surface area (Å²) in [5.74, 6) is -0.765. The normalized spacial score (nSPS) is 20.3. The Bertz CT molecular complexity index is 1360. The molecule has 1 fully saturated rings. The van der Waals surface area contributed by atoms with Crippen molar-refractivity contribution in [1.82, 2.24) is 4.90 Å². The number of ether oxygens (including phenoxy) is 2. The summed E-state index contributed by atoms with van der Waals surface area (Å²) >= 11 is 0. The standard InChI is InChI=1S/C29H27NO6/c1-3-35-24-15-19(9-11-22(24)31)26-25(27(32)20-10-12-23-21(14-20)13-17(2)36-23)28(33)29(34)30(26)16-18-7-5-4-6-8-18/h4-12,14-15,17,26,31-32H,3,13,16H2,1-2H3/t17-,26+/m0/s1. The highest BCUT2D eigenvalue weighted by Crippen LogP contribution is 2.43. The largest absolute Gasteiger partial charge is 0.507 e. The van der Waals surface area contributed by atoms with E-state index in [4.69, 9.17) is 9.47 Å². The molecule has 0 bridgehead atoms. The number of likely N-dealkylation sites (tertiary alicyclic amines) is 1. The minimum Gasteiger partial charge on any atom is -0.507 e. The Morgan fingerprint density at radius 1 is 1.08 bits per heavy atom. The molecule has 2 aliphatic heterocycles. The van der Waals surface area contributed by atoms with Crippen molar-refractivity contribution in [3.05, 3.63) is 94.6 Å². The quantitative estimate of drug-likeness (QED) is 0.298. The first-order valence-electron chi connectivity index (χ1n) is 12.0. The minimum atomic E-state index is -0.867. The summed E-state index contributed by atoms with van der Waals surface area (Å²) < 4.78 is 11.3. The number of aliphatic hydroxyl groups excluding tert-OH is 1. The third-order valence-electron chi connectivity index (χ3n) is 6.50. The second kappa shape index (κ2) is 9.41. The van der Waals surface area contributed by atoms with E-state index in [0.717, 1.165) is 16.9 Å². The lowest BCUT2D eigenvalue weighted by Crippen LogP contribution is -2.29. The number of aliphatic hydroxyl groups is 1. The zero-order valence-corrected chi connectivity index (χ0v) is 20.1. The van der Waals surface area contributed by atoms with Gasteiger partial charge in [-0.15, -0.1) is 0 Å². The lowest BCUT2D eigenvalue weighted by Gasteiger charge is -2.26. The van der Waals surface area contributed by atoms with E-state index in [9.17, 15) is 19.8 Å². The molecular weight excluding hydrogens is 458 g/mol. The summed E-state index contributed by atoms with van der Waals surface area (Å²) in [6.45, 7) is 4.27. The molecule has 0 aromatic heterocycles. The molecule has 0 aliphatic carbocycles. The monoisotopic (exact) mass is 485 g/mol.